The summed E-state index contributed by atoms with van der Waals surface area (Å²) in [5.41, 5.74) is -2.52. The summed E-state index contributed by atoms with van der Waals surface area (Å²) in [7, 11) is 0. The van der Waals surface area contributed by atoms with Crippen molar-refractivity contribution in [2.45, 2.75) is 25.3 Å². The van der Waals surface area contributed by atoms with E-state index in [1.807, 2.05) is 0 Å². The van der Waals surface area contributed by atoms with Crippen molar-refractivity contribution in [3.8, 4) is 5.75 Å². The van der Waals surface area contributed by atoms with Crippen LogP contribution in [-0.4, -0.2) is 43.6 Å². The molecule has 0 spiro atoms. The Balaban J connectivity index is 2.18. The first-order chi connectivity index (χ1) is 13.0. The number of halogens is 6. The summed E-state index contributed by atoms with van der Waals surface area (Å²) in [6, 6.07) is 1.63. The van der Waals surface area contributed by atoms with Crippen LogP contribution < -0.4 is 15.2 Å². The van der Waals surface area contributed by atoms with Crippen molar-refractivity contribution in [3.63, 3.8) is 0 Å². The van der Waals surface area contributed by atoms with Crippen molar-refractivity contribution in [2.24, 2.45) is 0 Å². The molecule has 1 unspecified atom stereocenters. The number of anilines is 1. The molecule has 2 aromatic rings. The number of nitrogens with zero attached hydrogens (tertiary/aromatic N) is 1. The van der Waals surface area contributed by atoms with Gasteiger partial charge in [0, 0.05) is 24.1 Å². The second kappa shape index (κ2) is 7.19. The van der Waals surface area contributed by atoms with Gasteiger partial charge in [-0.2, -0.15) is 26.3 Å². The first-order valence-corrected chi connectivity index (χ1v) is 8.32. The zero-order valence-corrected chi connectivity index (χ0v) is 14.6. The van der Waals surface area contributed by atoms with Gasteiger partial charge in [0.15, 0.2) is 0 Å². The van der Waals surface area contributed by atoms with Crippen LogP contribution in [0.2, 0.25) is 0 Å². The van der Waals surface area contributed by atoms with Crippen LogP contribution in [0.3, 0.4) is 0 Å². The molecule has 0 fully saturated rings. The van der Waals surface area contributed by atoms with Crippen LogP contribution in [0.15, 0.2) is 23.0 Å². The Kier molecular flexibility index (Phi) is 5.22. The molecule has 1 aromatic carbocycles. The number of rotatable bonds is 4. The zero-order chi connectivity index (χ0) is 20.7. The Bertz CT molecular complexity index is 922. The lowest BCUT2D eigenvalue weighted by Gasteiger charge is -2.39. The smallest absolute Gasteiger partial charge is 0.417 e. The number of alkyl halides is 6. The van der Waals surface area contributed by atoms with E-state index in [1.165, 1.54) is 0 Å². The summed E-state index contributed by atoms with van der Waals surface area (Å²) in [5.74, 6) is -0.0422. The molecule has 1 N–H and O–H groups in total. The number of aromatic nitrogens is 1. The Morgan fingerprint density at radius 1 is 1.21 bits per heavy atom. The number of pyridine rings is 1. The Morgan fingerprint density at radius 2 is 1.93 bits per heavy atom. The fourth-order valence-corrected chi connectivity index (χ4v) is 3.12. The molecule has 0 radical (unpaired) electrons. The Hall–Kier alpha value is -2.43. The van der Waals surface area contributed by atoms with Crippen LogP contribution in [0.1, 0.15) is 12.5 Å². The molecular weight excluding hydrogens is 394 g/mol. The second-order valence-corrected chi connectivity index (χ2v) is 6.28. The topological polar surface area (TPSA) is 54.6 Å². The highest BCUT2D eigenvalue weighted by molar-refractivity contribution is 5.89. The van der Waals surface area contributed by atoms with E-state index in [4.69, 9.17) is 9.47 Å². The van der Waals surface area contributed by atoms with Crippen LogP contribution in [-0.2, 0) is 10.9 Å². The number of H-pyrrole nitrogens is 1. The molecule has 0 saturated heterocycles. The minimum atomic E-state index is -4.85. The lowest BCUT2D eigenvalue weighted by atomic mass is 10.0. The van der Waals surface area contributed by atoms with Gasteiger partial charge in [-0.05, 0) is 13.0 Å². The fourth-order valence-electron chi connectivity index (χ4n) is 3.12. The average molecular weight is 410 g/mol. The Labute approximate surface area is 154 Å². The lowest BCUT2D eigenvalue weighted by Crippen LogP contribution is -2.50. The molecule has 154 valence electrons. The first kappa shape index (κ1) is 20.3. The Morgan fingerprint density at radius 3 is 2.54 bits per heavy atom. The van der Waals surface area contributed by atoms with E-state index in [-0.39, 0.29) is 36.8 Å². The number of hydrogen-bond donors (Lipinski definition) is 1. The zero-order valence-electron chi connectivity index (χ0n) is 14.6. The number of benzene rings is 1. The van der Waals surface area contributed by atoms with Crippen LogP contribution in [0.25, 0.3) is 10.9 Å². The number of fused-ring (bicyclic) bond motifs is 2. The number of hydrogen-bond acceptors (Lipinski definition) is 4. The summed E-state index contributed by atoms with van der Waals surface area (Å²) in [5, 5.41) is -0.418. The lowest BCUT2D eigenvalue weighted by molar-refractivity contribution is -0.136. The highest BCUT2D eigenvalue weighted by Crippen LogP contribution is 2.41. The molecule has 0 amide bonds. The normalized spacial score (nSPS) is 17.5. The van der Waals surface area contributed by atoms with Crippen molar-refractivity contribution in [1.29, 1.82) is 0 Å². The summed E-state index contributed by atoms with van der Waals surface area (Å²) >= 11 is 0. The van der Waals surface area contributed by atoms with E-state index < -0.39 is 41.4 Å². The number of nitrogens with one attached hydrogen (secondary N) is 1. The average Bonchev–Trinajstić information content (AvgIpc) is 2.57. The molecule has 0 aliphatic carbocycles. The summed E-state index contributed by atoms with van der Waals surface area (Å²) in [4.78, 5) is 14.8. The van der Waals surface area contributed by atoms with E-state index in [1.54, 1.807) is 6.92 Å². The molecule has 1 aliphatic rings. The number of ether oxygens (including phenoxy) is 2. The minimum absolute atomic E-state index is 0.0422. The van der Waals surface area contributed by atoms with E-state index in [9.17, 15) is 31.1 Å². The molecule has 28 heavy (non-hydrogen) atoms. The quantitative estimate of drug-likeness (QED) is 0.781. The molecule has 1 aliphatic heterocycles. The minimum Gasteiger partial charge on any atom is -0.489 e. The molecule has 0 saturated carbocycles. The fraction of sp³-hybridized carbons (Fsp3) is 0.471. The van der Waals surface area contributed by atoms with Gasteiger partial charge < -0.3 is 19.4 Å². The van der Waals surface area contributed by atoms with Crippen LogP contribution in [0.5, 0.6) is 5.75 Å². The predicted molar refractivity (Wildman–Crippen MR) is 88.7 cm³/mol. The highest BCUT2D eigenvalue weighted by atomic mass is 19.4. The maximum Gasteiger partial charge on any atom is 0.417 e. The molecule has 2 heterocycles. The van der Waals surface area contributed by atoms with Gasteiger partial charge in [0.2, 0.25) is 5.56 Å². The monoisotopic (exact) mass is 410 g/mol. The predicted octanol–water partition coefficient (Wildman–Crippen LogP) is 3.71. The second-order valence-electron chi connectivity index (χ2n) is 6.28. The first-order valence-electron chi connectivity index (χ1n) is 8.32. The van der Waals surface area contributed by atoms with E-state index in [0.29, 0.717) is 6.07 Å². The largest absolute Gasteiger partial charge is 0.489 e. The van der Waals surface area contributed by atoms with Gasteiger partial charge in [-0.15, -0.1) is 0 Å². The van der Waals surface area contributed by atoms with Crippen LogP contribution >= 0.6 is 0 Å². The van der Waals surface area contributed by atoms with E-state index >= 15 is 0 Å². The SMILES string of the molecule is CCOCC1COc2cc3[nH]c(=O)cc(C(F)(F)F)c3cc2N1CC(F)(F)F. The maximum absolute atomic E-state index is 13.3. The highest BCUT2D eigenvalue weighted by Gasteiger charge is 2.39. The van der Waals surface area contributed by atoms with Crippen LogP contribution in [0.4, 0.5) is 32.0 Å². The summed E-state index contributed by atoms with van der Waals surface area (Å²) in [6.45, 7) is 0.336. The molecule has 1 atom stereocenters. The van der Waals surface area contributed by atoms with Gasteiger partial charge in [0.1, 0.15) is 18.9 Å². The van der Waals surface area contributed by atoms with Crippen molar-refractivity contribution in [3.05, 3.63) is 34.1 Å². The molecule has 0 bridgehead atoms. The summed E-state index contributed by atoms with van der Waals surface area (Å²) in [6.07, 6.45) is -9.44. The van der Waals surface area contributed by atoms with Crippen molar-refractivity contribution in [2.75, 3.05) is 31.3 Å². The number of aromatic amines is 1. The molecule has 1 aromatic heterocycles. The van der Waals surface area contributed by atoms with Crippen molar-refractivity contribution in [1.82, 2.24) is 4.98 Å². The van der Waals surface area contributed by atoms with Gasteiger partial charge in [-0.25, -0.2) is 0 Å². The molecule has 3 rings (SSSR count). The third kappa shape index (κ3) is 4.18. The molecular formula is C17H16F6N2O3. The van der Waals surface area contributed by atoms with Gasteiger partial charge >= 0.3 is 12.4 Å². The third-order valence-electron chi connectivity index (χ3n) is 4.27. The maximum atomic E-state index is 13.3. The van der Waals surface area contributed by atoms with E-state index in [2.05, 4.69) is 4.98 Å². The third-order valence-corrected chi connectivity index (χ3v) is 4.27. The van der Waals surface area contributed by atoms with Crippen molar-refractivity contribution >= 4 is 16.6 Å². The van der Waals surface area contributed by atoms with Gasteiger partial charge in [0.25, 0.3) is 0 Å². The van der Waals surface area contributed by atoms with Crippen LogP contribution in [0, 0.1) is 0 Å². The van der Waals surface area contributed by atoms with Gasteiger partial charge in [0.05, 0.1) is 29.4 Å². The van der Waals surface area contributed by atoms with Crippen molar-refractivity contribution < 1.29 is 35.8 Å². The molecule has 5 nitrogen and oxygen atoms in total. The standard InChI is InChI=1S/C17H16F6N2O3/c1-2-27-6-9-7-28-14-5-12-10(3-13(14)25(9)8-16(18,19)20)11(17(21,22)23)4-15(26)24-12/h3-5,9H,2,6-8H2,1H3,(H,24,26). The summed E-state index contributed by atoms with van der Waals surface area (Å²) < 4.78 is 90.0. The van der Waals surface area contributed by atoms with E-state index in [0.717, 1.165) is 17.0 Å². The molecule has 11 heteroatoms. The van der Waals surface area contributed by atoms with Gasteiger partial charge in [-0.1, -0.05) is 0 Å². The van der Waals surface area contributed by atoms with Gasteiger partial charge in [-0.3, -0.25) is 4.79 Å².